The number of amides is 3. The summed E-state index contributed by atoms with van der Waals surface area (Å²) < 4.78 is 5.44. The fraction of sp³-hybridized carbons (Fsp3) is 0.190. The van der Waals surface area contributed by atoms with Crippen molar-refractivity contribution in [2.45, 2.75) is 6.92 Å². The third-order valence-corrected chi connectivity index (χ3v) is 4.06. The molecule has 0 aromatic heterocycles. The second kappa shape index (κ2) is 8.39. The minimum Gasteiger partial charge on any atom is -0.482 e. The van der Waals surface area contributed by atoms with Crippen molar-refractivity contribution in [1.29, 1.82) is 0 Å². The highest BCUT2D eigenvalue weighted by molar-refractivity contribution is 6.01. The molecule has 144 valence electrons. The molecular formula is C21H21N3O4. The van der Waals surface area contributed by atoms with Gasteiger partial charge in [-0.1, -0.05) is 30.4 Å². The van der Waals surface area contributed by atoms with Crippen molar-refractivity contribution in [3.8, 4) is 5.75 Å². The molecule has 7 heteroatoms. The van der Waals surface area contributed by atoms with E-state index < -0.39 is 0 Å². The lowest BCUT2D eigenvalue weighted by Crippen LogP contribution is -2.39. The zero-order valence-corrected chi connectivity index (χ0v) is 15.5. The molecule has 0 saturated heterocycles. The van der Waals surface area contributed by atoms with Gasteiger partial charge in [0.2, 0.25) is 5.91 Å². The van der Waals surface area contributed by atoms with Crippen LogP contribution in [0, 0.1) is 0 Å². The highest BCUT2D eigenvalue weighted by Crippen LogP contribution is 2.34. The van der Waals surface area contributed by atoms with Crippen LogP contribution in [0.5, 0.6) is 5.75 Å². The monoisotopic (exact) mass is 379 g/mol. The molecular weight excluding hydrogens is 358 g/mol. The highest BCUT2D eigenvalue weighted by atomic mass is 16.5. The van der Waals surface area contributed by atoms with Crippen LogP contribution < -0.4 is 20.3 Å². The number of fused-ring (bicyclic) bond motifs is 1. The van der Waals surface area contributed by atoms with E-state index in [0.717, 1.165) is 5.57 Å². The molecule has 1 heterocycles. The van der Waals surface area contributed by atoms with Gasteiger partial charge in [-0.25, -0.2) is 0 Å². The fourth-order valence-electron chi connectivity index (χ4n) is 2.78. The first kappa shape index (κ1) is 19.2. The van der Waals surface area contributed by atoms with E-state index in [1.54, 1.807) is 47.4 Å². The van der Waals surface area contributed by atoms with Crippen LogP contribution in [0.3, 0.4) is 0 Å². The second-order valence-electron chi connectivity index (χ2n) is 6.51. The first-order valence-corrected chi connectivity index (χ1v) is 8.79. The molecule has 0 fully saturated rings. The topological polar surface area (TPSA) is 87.7 Å². The molecule has 1 aliphatic rings. The molecule has 0 radical (unpaired) electrons. The van der Waals surface area contributed by atoms with Crippen LogP contribution in [0.25, 0.3) is 0 Å². The number of hydrogen-bond donors (Lipinski definition) is 2. The van der Waals surface area contributed by atoms with Gasteiger partial charge in [0.25, 0.3) is 11.8 Å². The van der Waals surface area contributed by atoms with Gasteiger partial charge in [-0.2, -0.15) is 0 Å². The number of rotatable bonds is 6. The largest absolute Gasteiger partial charge is 0.482 e. The molecule has 0 saturated carbocycles. The number of hydrogen-bond acceptors (Lipinski definition) is 4. The van der Waals surface area contributed by atoms with Gasteiger partial charge in [0.15, 0.2) is 6.61 Å². The van der Waals surface area contributed by atoms with Crippen LogP contribution in [0.1, 0.15) is 17.3 Å². The maximum atomic E-state index is 12.2. The molecule has 3 rings (SSSR count). The van der Waals surface area contributed by atoms with Gasteiger partial charge in [0, 0.05) is 17.8 Å². The van der Waals surface area contributed by atoms with Gasteiger partial charge in [0.1, 0.15) is 5.75 Å². The van der Waals surface area contributed by atoms with E-state index in [2.05, 4.69) is 17.2 Å². The van der Waals surface area contributed by atoms with Crippen molar-refractivity contribution in [2.75, 3.05) is 29.9 Å². The predicted molar refractivity (Wildman–Crippen MR) is 107 cm³/mol. The standard InChI is InChI=1S/C21H21N3O4/c1-14(2)12-24-17-10-16(8-9-18(17)28-13-20(24)26)23-19(25)11-22-21(27)15-6-4-3-5-7-15/h3-10H,1,11-13H2,2H3,(H,22,27)(H,23,25). The van der Waals surface area contributed by atoms with E-state index in [4.69, 9.17) is 4.74 Å². The Bertz CT molecular complexity index is 925. The van der Waals surface area contributed by atoms with Gasteiger partial charge in [-0.3, -0.25) is 14.4 Å². The molecule has 0 unspecified atom stereocenters. The zero-order chi connectivity index (χ0) is 20.1. The second-order valence-corrected chi connectivity index (χ2v) is 6.51. The van der Waals surface area contributed by atoms with Crippen LogP contribution in [-0.4, -0.2) is 37.4 Å². The highest BCUT2D eigenvalue weighted by Gasteiger charge is 2.25. The summed E-state index contributed by atoms with van der Waals surface area (Å²) in [5, 5.41) is 5.29. The molecule has 1 aliphatic heterocycles. The van der Waals surface area contributed by atoms with Crippen molar-refractivity contribution < 1.29 is 19.1 Å². The van der Waals surface area contributed by atoms with Crippen LogP contribution in [0.15, 0.2) is 60.7 Å². The van der Waals surface area contributed by atoms with E-state index in [9.17, 15) is 14.4 Å². The molecule has 0 spiro atoms. The quantitative estimate of drug-likeness (QED) is 0.755. The number of carbonyl (C=O) groups is 3. The maximum Gasteiger partial charge on any atom is 0.265 e. The van der Waals surface area contributed by atoms with Gasteiger partial charge in [-0.05, 0) is 37.3 Å². The first-order valence-electron chi connectivity index (χ1n) is 8.79. The summed E-state index contributed by atoms with van der Waals surface area (Å²) in [5.74, 6) is -0.308. The number of carbonyl (C=O) groups excluding carboxylic acids is 3. The van der Waals surface area contributed by atoms with E-state index in [0.29, 0.717) is 29.2 Å². The average Bonchev–Trinajstić information content (AvgIpc) is 2.69. The summed E-state index contributed by atoms with van der Waals surface area (Å²) in [6, 6.07) is 13.7. The molecule has 0 bridgehead atoms. The van der Waals surface area contributed by atoms with Crippen molar-refractivity contribution in [3.63, 3.8) is 0 Å². The van der Waals surface area contributed by atoms with Crippen LogP contribution in [-0.2, 0) is 9.59 Å². The summed E-state index contributed by atoms with van der Waals surface area (Å²) in [5.41, 5.74) is 2.39. The molecule has 0 atom stereocenters. The summed E-state index contributed by atoms with van der Waals surface area (Å²) in [6.45, 7) is 5.86. The summed E-state index contributed by atoms with van der Waals surface area (Å²) in [7, 11) is 0. The average molecular weight is 379 g/mol. The number of anilines is 2. The smallest absolute Gasteiger partial charge is 0.265 e. The van der Waals surface area contributed by atoms with E-state index in [-0.39, 0.29) is 30.9 Å². The molecule has 0 aliphatic carbocycles. The third kappa shape index (κ3) is 4.56. The molecule has 2 N–H and O–H groups in total. The van der Waals surface area contributed by atoms with Crippen molar-refractivity contribution >= 4 is 29.1 Å². The van der Waals surface area contributed by atoms with Gasteiger partial charge >= 0.3 is 0 Å². The lowest BCUT2D eigenvalue weighted by molar-refractivity contribution is -0.121. The van der Waals surface area contributed by atoms with Gasteiger partial charge in [-0.15, -0.1) is 0 Å². The van der Waals surface area contributed by atoms with Gasteiger partial charge < -0.3 is 20.3 Å². The lowest BCUT2D eigenvalue weighted by Gasteiger charge is -2.30. The SMILES string of the molecule is C=C(C)CN1C(=O)COc2ccc(NC(=O)CNC(=O)c3ccccc3)cc21. The first-order chi connectivity index (χ1) is 13.4. The Balaban J connectivity index is 1.65. The minimum atomic E-state index is -0.376. The summed E-state index contributed by atoms with van der Waals surface area (Å²) in [4.78, 5) is 37.9. The molecule has 2 aromatic rings. The van der Waals surface area contributed by atoms with Crippen molar-refractivity contribution in [3.05, 3.63) is 66.2 Å². The van der Waals surface area contributed by atoms with Crippen molar-refractivity contribution in [2.24, 2.45) is 0 Å². The zero-order valence-electron chi connectivity index (χ0n) is 15.5. The fourth-order valence-corrected chi connectivity index (χ4v) is 2.78. The molecule has 7 nitrogen and oxygen atoms in total. The van der Waals surface area contributed by atoms with Crippen LogP contribution >= 0.6 is 0 Å². The number of benzene rings is 2. The van der Waals surface area contributed by atoms with E-state index in [1.807, 2.05) is 13.0 Å². The van der Waals surface area contributed by atoms with E-state index >= 15 is 0 Å². The minimum absolute atomic E-state index is 0.0303. The van der Waals surface area contributed by atoms with Crippen LogP contribution in [0.2, 0.25) is 0 Å². The Morgan fingerprint density at radius 3 is 2.64 bits per heavy atom. The van der Waals surface area contributed by atoms with Crippen LogP contribution in [0.4, 0.5) is 11.4 Å². The van der Waals surface area contributed by atoms with Crippen molar-refractivity contribution in [1.82, 2.24) is 5.32 Å². The normalized spacial score (nSPS) is 12.6. The maximum absolute atomic E-state index is 12.2. The molecule has 2 aromatic carbocycles. The Morgan fingerprint density at radius 1 is 1.18 bits per heavy atom. The number of ether oxygens (including phenoxy) is 1. The van der Waals surface area contributed by atoms with Gasteiger partial charge in [0.05, 0.1) is 12.2 Å². The predicted octanol–water partition coefficient (Wildman–Crippen LogP) is 2.36. The number of nitrogens with one attached hydrogen (secondary N) is 2. The summed E-state index contributed by atoms with van der Waals surface area (Å²) in [6.07, 6.45) is 0. The Labute approximate surface area is 163 Å². The Kier molecular flexibility index (Phi) is 5.74. The Morgan fingerprint density at radius 2 is 1.93 bits per heavy atom. The third-order valence-electron chi connectivity index (χ3n) is 4.06. The molecule has 3 amide bonds. The van der Waals surface area contributed by atoms with E-state index in [1.165, 1.54) is 0 Å². The number of nitrogens with zero attached hydrogens (tertiary/aromatic N) is 1. The Hall–Kier alpha value is -3.61. The summed E-state index contributed by atoms with van der Waals surface area (Å²) >= 11 is 0. The lowest BCUT2D eigenvalue weighted by atomic mass is 10.2. The molecule has 28 heavy (non-hydrogen) atoms.